The van der Waals surface area contributed by atoms with Crippen molar-refractivity contribution >= 4 is 17.3 Å². The summed E-state index contributed by atoms with van der Waals surface area (Å²) in [5.74, 6) is 1.91. The Morgan fingerprint density at radius 1 is 1.25 bits per heavy atom. The molecule has 0 aliphatic rings. The molecule has 3 heteroatoms. The van der Waals surface area contributed by atoms with Crippen molar-refractivity contribution in [2.24, 2.45) is 0 Å². The number of hydrogen-bond donors (Lipinski definition) is 1. The Morgan fingerprint density at radius 3 is 2.69 bits per heavy atom. The van der Waals surface area contributed by atoms with E-state index < -0.39 is 0 Å². The molecule has 0 saturated heterocycles. The average molecular weight is 236 g/mol. The molecule has 0 spiro atoms. The van der Waals surface area contributed by atoms with Crippen molar-refractivity contribution in [3.63, 3.8) is 0 Å². The molecule has 2 aromatic rings. The van der Waals surface area contributed by atoms with Crippen LogP contribution in [0.3, 0.4) is 0 Å². The molecule has 0 atom stereocenters. The van der Waals surface area contributed by atoms with Gasteiger partial charge in [0.1, 0.15) is 11.5 Å². The van der Waals surface area contributed by atoms with Crippen LogP contribution in [0.2, 0.25) is 5.02 Å². The molecule has 1 aromatic heterocycles. The van der Waals surface area contributed by atoms with Crippen molar-refractivity contribution in [1.29, 1.82) is 0 Å². The van der Waals surface area contributed by atoms with Crippen LogP contribution in [0.5, 0.6) is 0 Å². The summed E-state index contributed by atoms with van der Waals surface area (Å²) in [6, 6.07) is 9.74. The molecule has 0 saturated carbocycles. The Balaban J connectivity index is 2.05. The molecular weight excluding hydrogens is 222 g/mol. The number of anilines is 1. The van der Waals surface area contributed by atoms with Crippen LogP contribution in [0.25, 0.3) is 0 Å². The molecule has 0 unspecified atom stereocenters. The first-order chi connectivity index (χ1) is 7.65. The largest absolute Gasteiger partial charge is 0.466 e. The fourth-order valence-corrected chi connectivity index (χ4v) is 1.85. The highest BCUT2D eigenvalue weighted by atomic mass is 35.5. The number of benzene rings is 1. The van der Waals surface area contributed by atoms with E-state index in [1.54, 1.807) is 0 Å². The van der Waals surface area contributed by atoms with Gasteiger partial charge in [0.15, 0.2) is 0 Å². The Bertz CT molecular complexity index is 490. The first-order valence-electron chi connectivity index (χ1n) is 5.20. The van der Waals surface area contributed by atoms with E-state index in [0.717, 1.165) is 28.8 Å². The molecule has 84 valence electrons. The standard InChI is InChI=1S/C13H14ClNO/c1-9-6-11(10(2)16-9)8-15-13-5-3-4-12(14)7-13/h3-7,15H,8H2,1-2H3. The van der Waals surface area contributed by atoms with Crippen molar-refractivity contribution in [2.75, 3.05) is 5.32 Å². The molecule has 0 fully saturated rings. The van der Waals surface area contributed by atoms with E-state index >= 15 is 0 Å². The smallest absolute Gasteiger partial charge is 0.106 e. The lowest BCUT2D eigenvalue weighted by Crippen LogP contribution is -1.99. The highest BCUT2D eigenvalue weighted by Crippen LogP contribution is 2.18. The van der Waals surface area contributed by atoms with E-state index in [0.29, 0.717) is 0 Å². The van der Waals surface area contributed by atoms with Gasteiger partial charge >= 0.3 is 0 Å². The SMILES string of the molecule is Cc1cc(CNc2cccc(Cl)c2)c(C)o1. The van der Waals surface area contributed by atoms with Gasteiger partial charge in [0.2, 0.25) is 0 Å². The molecule has 2 rings (SSSR count). The number of nitrogens with one attached hydrogen (secondary N) is 1. The number of halogens is 1. The topological polar surface area (TPSA) is 25.2 Å². The van der Waals surface area contributed by atoms with Gasteiger partial charge in [0, 0.05) is 22.8 Å². The van der Waals surface area contributed by atoms with Crippen molar-refractivity contribution in [3.8, 4) is 0 Å². The third kappa shape index (κ3) is 2.58. The van der Waals surface area contributed by atoms with E-state index in [1.807, 2.05) is 44.2 Å². The van der Waals surface area contributed by atoms with Gasteiger partial charge in [0.25, 0.3) is 0 Å². The second-order valence-corrected chi connectivity index (χ2v) is 4.24. The number of aryl methyl sites for hydroxylation is 2. The quantitative estimate of drug-likeness (QED) is 0.864. The molecule has 1 N–H and O–H groups in total. The third-order valence-corrected chi connectivity index (χ3v) is 2.69. The lowest BCUT2D eigenvalue weighted by molar-refractivity contribution is 0.501. The van der Waals surface area contributed by atoms with Crippen molar-refractivity contribution in [1.82, 2.24) is 0 Å². The molecule has 0 aliphatic heterocycles. The van der Waals surface area contributed by atoms with Crippen LogP contribution in [-0.4, -0.2) is 0 Å². The van der Waals surface area contributed by atoms with Crippen LogP contribution < -0.4 is 5.32 Å². The molecule has 1 heterocycles. The molecule has 0 aliphatic carbocycles. The fourth-order valence-electron chi connectivity index (χ4n) is 1.65. The normalized spacial score (nSPS) is 10.4. The van der Waals surface area contributed by atoms with Gasteiger partial charge in [-0.1, -0.05) is 17.7 Å². The van der Waals surface area contributed by atoms with Crippen LogP contribution in [0.4, 0.5) is 5.69 Å². The molecule has 0 bridgehead atoms. The third-order valence-electron chi connectivity index (χ3n) is 2.45. The number of hydrogen-bond acceptors (Lipinski definition) is 2. The summed E-state index contributed by atoms with van der Waals surface area (Å²) in [5.41, 5.74) is 2.20. The van der Waals surface area contributed by atoms with Crippen LogP contribution in [0.15, 0.2) is 34.7 Å². The van der Waals surface area contributed by atoms with E-state index in [2.05, 4.69) is 5.32 Å². The van der Waals surface area contributed by atoms with E-state index in [9.17, 15) is 0 Å². The second-order valence-electron chi connectivity index (χ2n) is 3.80. The maximum absolute atomic E-state index is 5.90. The van der Waals surface area contributed by atoms with Crippen molar-refractivity contribution in [2.45, 2.75) is 20.4 Å². The zero-order chi connectivity index (χ0) is 11.5. The van der Waals surface area contributed by atoms with Gasteiger partial charge < -0.3 is 9.73 Å². The van der Waals surface area contributed by atoms with Gasteiger partial charge in [-0.25, -0.2) is 0 Å². The molecule has 0 radical (unpaired) electrons. The van der Waals surface area contributed by atoms with Crippen LogP contribution in [0.1, 0.15) is 17.1 Å². The predicted molar refractivity (Wildman–Crippen MR) is 67.0 cm³/mol. The Kier molecular flexibility index (Phi) is 3.20. The van der Waals surface area contributed by atoms with Crippen molar-refractivity contribution < 1.29 is 4.42 Å². The lowest BCUT2D eigenvalue weighted by Gasteiger charge is -2.05. The Labute approximate surface area is 100 Å². The van der Waals surface area contributed by atoms with Gasteiger partial charge in [-0.2, -0.15) is 0 Å². The minimum Gasteiger partial charge on any atom is -0.466 e. The molecule has 16 heavy (non-hydrogen) atoms. The zero-order valence-electron chi connectivity index (χ0n) is 9.38. The summed E-state index contributed by atoms with van der Waals surface area (Å²) in [6.07, 6.45) is 0. The Morgan fingerprint density at radius 2 is 2.06 bits per heavy atom. The summed E-state index contributed by atoms with van der Waals surface area (Å²) < 4.78 is 5.46. The summed E-state index contributed by atoms with van der Waals surface area (Å²) in [7, 11) is 0. The van der Waals surface area contributed by atoms with E-state index in [4.69, 9.17) is 16.0 Å². The summed E-state index contributed by atoms with van der Waals surface area (Å²) in [4.78, 5) is 0. The maximum Gasteiger partial charge on any atom is 0.106 e. The summed E-state index contributed by atoms with van der Waals surface area (Å²) in [5, 5.41) is 4.05. The first-order valence-corrected chi connectivity index (χ1v) is 5.58. The van der Waals surface area contributed by atoms with Gasteiger partial charge in [-0.15, -0.1) is 0 Å². The predicted octanol–water partition coefficient (Wildman–Crippen LogP) is 4.16. The monoisotopic (exact) mass is 235 g/mol. The van der Waals surface area contributed by atoms with E-state index in [-0.39, 0.29) is 0 Å². The molecular formula is C13H14ClNO. The molecule has 2 nitrogen and oxygen atoms in total. The first kappa shape index (κ1) is 11.1. The number of rotatable bonds is 3. The Hall–Kier alpha value is -1.41. The van der Waals surface area contributed by atoms with E-state index in [1.165, 1.54) is 5.56 Å². The zero-order valence-corrected chi connectivity index (χ0v) is 10.1. The van der Waals surface area contributed by atoms with Gasteiger partial charge in [-0.05, 0) is 38.1 Å². The molecule has 1 aromatic carbocycles. The van der Waals surface area contributed by atoms with Gasteiger partial charge in [0.05, 0.1) is 0 Å². The van der Waals surface area contributed by atoms with Crippen LogP contribution >= 0.6 is 11.6 Å². The highest BCUT2D eigenvalue weighted by molar-refractivity contribution is 6.30. The van der Waals surface area contributed by atoms with Crippen molar-refractivity contribution in [3.05, 3.63) is 52.4 Å². The van der Waals surface area contributed by atoms with Gasteiger partial charge in [-0.3, -0.25) is 0 Å². The fraction of sp³-hybridized carbons (Fsp3) is 0.231. The molecule has 0 amide bonds. The second kappa shape index (κ2) is 4.62. The maximum atomic E-state index is 5.90. The van der Waals surface area contributed by atoms with Crippen LogP contribution in [-0.2, 0) is 6.54 Å². The van der Waals surface area contributed by atoms with Crippen LogP contribution in [0, 0.1) is 13.8 Å². The highest BCUT2D eigenvalue weighted by Gasteiger charge is 2.03. The average Bonchev–Trinajstić information content (AvgIpc) is 2.54. The number of furan rings is 1. The minimum absolute atomic E-state index is 0.741. The minimum atomic E-state index is 0.741. The summed E-state index contributed by atoms with van der Waals surface area (Å²) >= 11 is 5.90. The summed E-state index contributed by atoms with van der Waals surface area (Å²) in [6.45, 7) is 4.68. The lowest BCUT2D eigenvalue weighted by atomic mass is 10.2.